The van der Waals surface area contributed by atoms with Crippen LogP contribution in [0.25, 0.3) is 0 Å². The van der Waals surface area contributed by atoms with Crippen molar-refractivity contribution in [3.05, 3.63) is 29.3 Å². The summed E-state index contributed by atoms with van der Waals surface area (Å²) in [7, 11) is 0. The van der Waals surface area contributed by atoms with E-state index in [1.54, 1.807) is 31.2 Å². The van der Waals surface area contributed by atoms with Gasteiger partial charge in [0.2, 0.25) is 5.91 Å². The Kier molecular flexibility index (Phi) is 4.20. The third kappa shape index (κ3) is 3.65. The average molecular weight is 222 g/mol. The lowest BCUT2D eigenvalue weighted by atomic mass is 10.1. The molecule has 0 aliphatic carbocycles. The smallest absolute Gasteiger partial charge is 0.228 e. The number of hydrogen-bond acceptors (Lipinski definition) is 1. The van der Waals surface area contributed by atoms with Crippen LogP contribution in [0.5, 0.6) is 0 Å². The van der Waals surface area contributed by atoms with Crippen molar-refractivity contribution in [1.29, 1.82) is 0 Å². The van der Waals surface area contributed by atoms with Crippen LogP contribution < -0.4 is 5.32 Å². The molecule has 0 saturated carbocycles. The Morgan fingerprint density at radius 2 is 2.13 bits per heavy atom. The maximum Gasteiger partial charge on any atom is 0.228 e. The number of hydrogen-bond donors (Lipinski definition) is 1. The van der Waals surface area contributed by atoms with Crippen molar-refractivity contribution in [2.45, 2.75) is 13.3 Å². The van der Waals surface area contributed by atoms with Crippen LogP contribution in [0.1, 0.15) is 13.3 Å². The second kappa shape index (κ2) is 5.43. The molecule has 1 rings (SSSR count). The molecule has 1 atom stereocenters. The van der Waals surface area contributed by atoms with Gasteiger partial charge in [-0.3, -0.25) is 4.79 Å². The fourth-order valence-electron chi connectivity index (χ4n) is 1.07. The first-order chi connectivity index (χ1) is 7.13. The maximum atomic E-state index is 11.5. The van der Waals surface area contributed by atoms with E-state index >= 15 is 0 Å². The molecule has 1 unspecified atom stereocenters. The van der Waals surface area contributed by atoms with Crippen LogP contribution in [0.4, 0.5) is 5.69 Å². The average Bonchev–Trinajstić information content (AvgIpc) is 2.22. The van der Waals surface area contributed by atoms with Crippen LogP contribution in [0, 0.1) is 18.3 Å². The summed E-state index contributed by atoms with van der Waals surface area (Å²) in [6, 6.07) is 6.96. The summed E-state index contributed by atoms with van der Waals surface area (Å²) >= 11 is 5.72. The molecule has 1 amide bonds. The molecule has 15 heavy (non-hydrogen) atoms. The Bertz CT molecular complexity index is 378. The Hall–Kier alpha value is -1.46. The van der Waals surface area contributed by atoms with E-state index in [-0.39, 0.29) is 11.8 Å². The van der Waals surface area contributed by atoms with Gasteiger partial charge >= 0.3 is 0 Å². The number of nitrogens with one attached hydrogen (secondary N) is 1. The van der Waals surface area contributed by atoms with E-state index in [0.29, 0.717) is 11.4 Å². The molecule has 0 saturated heterocycles. The van der Waals surface area contributed by atoms with Gasteiger partial charge in [-0.1, -0.05) is 18.5 Å². The normalized spacial score (nSPS) is 11.5. The van der Waals surface area contributed by atoms with Gasteiger partial charge in [-0.2, -0.15) is 0 Å². The van der Waals surface area contributed by atoms with E-state index in [1.165, 1.54) is 0 Å². The molecule has 0 heterocycles. The van der Waals surface area contributed by atoms with Gasteiger partial charge in [-0.25, -0.2) is 0 Å². The molecule has 78 valence electrons. The second-order valence-electron chi connectivity index (χ2n) is 3.31. The number of anilines is 1. The van der Waals surface area contributed by atoms with Crippen molar-refractivity contribution in [3.8, 4) is 12.3 Å². The highest BCUT2D eigenvalue weighted by molar-refractivity contribution is 6.30. The van der Waals surface area contributed by atoms with Gasteiger partial charge < -0.3 is 5.32 Å². The summed E-state index contributed by atoms with van der Waals surface area (Å²) in [5.41, 5.74) is 0.730. The summed E-state index contributed by atoms with van der Waals surface area (Å²) in [6.07, 6.45) is 5.58. The molecule has 1 aromatic rings. The van der Waals surface area contributed by atoms with Crippen LogP contribution in [0.15, 0.2) is 24.3 Å². The quantitative estimate of drug-likeness (QED) is 0.782. The lowest BCUT2D eigenvalue weighted by Crippen LogP contribution is -2.19. The molecule has 1 aromatic carbocycles. The lowest BCUT2D eigenvalue weighted by Gasteiger charge is -2.09. The monoisotopic (exact) mass is 221 g/mol. The molecule has 0 aliphatic heterocycles. The zero-order chi connectivity index (χ0) is 11.3. The van der Waals surface area contributed by atoms with Crippen LogP contribution >= 0.6 is 11.6 Å². The van der Waals surface area contributed by atoms with Gasteiger partial charge in [0.1, 0.15) is 0 Å². The first-order valence-electron chi connectivity index (χ1n) is 4.63. The zero-order valence-electron chi connectivity index (χ0n) is 8.46. The summed E-state index contributed by atoms with van der Waals surface area (Å²) in [4.78, 5) is 11.5. The Balaban J connectivity index is 2.59. The first-order valence-corrected chi connectivity index (χ1v) is 5.01. The Morgan fingerprint density at radius 3 is 2.67 bits per heavy atom. The van der Waals surface area contributed by atoms with Crippen molar-refractivity contribution in [2.24, 2.45) is 5.92 Å². The van der Waals surface area contributed by atoms with E-state index in [9.17, 15) is 4.79 Å². The predicted molar refractivity (Wildman–Crippen MR) is 62.7 cm³/mol. The zero-order valence-corrected chi connectivity index (χ0v) is 9.21. The highest BCUT2D eigenvalue weighted by Gasteiger charge is 2.11. The predicted octanol–water partition coefficient (Wildman–Crippen LogP) is 2.94. The molecule has 0 fully saturated rings. The standard InChI is InChI=1S/C12H12ClNO/c1-3-4-9(2)12(15)14-11-7-5-10(13)6-8-11/h1,5-9H,4H2,2H3,(H,14,15). The molecule has 0 aliphatic rings. The number of amides is 1. The number of rotatable bonds is 3. The van der Waals surface area contributed by atoms with Crippen LogP contribution in [-0.4, -0.2) is 5.91 Å². The van der Waals surface area contributed by atoms with Gasteiger partial charge in [0, 0.05) is 23.0 Å². The van der Waals surface area contributed by atoms with Crippen LogP contribution in [-0.2, 0) is 4.79 Å². The Labute approximate surface area is 94.6 Å². The topological polar surface area (TPSA) is 29.1 Å². The Morgan fingerprint density at radius 1 is 1.53 bits per heavy atom. The first kappa shape index (κ1) is 11.6. The van der Waals surface area contributed by atoms with Crippen molar-refractivity contribution >= 4 is 23.2 Å². The summed E-state index contributed by atoms with van der Waals surface area (Å²) in [5, 5.41) is 3.40. The highest BCUT2D eigenvalue weighted by atomic mass is 35.5. The van der Waals surface area contributed by atoms with Gasteiger partial charge in [0.05, 0.1) is 0 Å². The molecular formula is C12H12ClNO. The molecule has 1 N–H and O–H groups in total. The summed E-state index contributed by atoms with van der Waals surface area (Å²) in [5.74, 6) is 2.21. The van der Waals surface area contributed by atoms with Gasteiger partial charge in [-0.15, -0.1) is 12.3 Å². The maximum absolute atomic E-state index is 11.5. The molecule has 3 heteroatoms. The molecular weight excluding hydrogens is 210 g/mol. The number of carbonyl (C=O) groups excluding carboxylic acids is 1. The SMILES string of the molecule is C#CCC(C)C(=O)Nc1ccc(Cl)cc1. The van der Waals surface area contributed by atoms with Gasteiger partial charge in [-0.05, 0) is 24.3 Å². The van der Waals surface area contributed by atoms with E-state index in [4.69, 9.17) is 18.0 Å². The van der Waals surface area contributed by atoms with E-state index in [0.717, 1.165) is 5.69 Å². The number of halogens is 1. The molecule has 2 nitrogen and oxygen atoms in total. The largest absolute Gasteiger partial charge is 0.326 e. The molecule has 0 spiro atoms. The number of carbonyl (C=O) groups is 1. The van der Waals surface area contributed by atoms with Gasteiger partial charge in [0.15, 0.2) is 0 Å². The molecule has 0 bridgehead atoms. The summed E-state index contributed by atoms with van der Waals surface area (Å²) < 4.78 is 0. The highest BCUT2D eigenvalue weighted by Crippen LogP contribution is 2.14. The number of terminal acetylenes is 1. The minimum Gasteiger partial charge on any atom is -0.326 e. The van der Waals surface area contributed by atoms with Crippen molar-refractivity contribution in [1.82, 2.24) is 0 Å². The fourth-order valence-corrected chi connectivity index (χ4v) is 1.19. The third-order valence-corrected chi connectivity index (χ3v) is 2.24. The van der Waals surface area contributed by atoms with E-state index in [2.05, 4.69) is 11.2 Å². The van der Waals surface area contributed by atoms with E-state index < -0.39 is 0 Å². The van der Waals surface area contributed by atoms with E-state index in [1.807, 2.05) is 0 Å². The second-order valence-corrected chi connectivity index (χ2v) is 3.74. The van der Waals surface area contributed by atoms with Crippen molar-refractivity contribution in [2.75, 3.05) is 5.32 Å². The minimum absolute atomic E-state index is 0.0738. The third-order valence-electron chi connectivity index (χ3n) is 1.98. The van der Waals surface area contributed by atoms with Crippen molar-refractivity contribution in [3.63, 3.8) is 0 Å². The molecule has 0 aromatic heterocycles. The van der Waals surface area contributed by atoms with Crippen LogP contribution in [0.2, 0.25) is 5.02 Å². The van der Waals surface area contributed by atoms with Crippen LogP contribution in [0.3, 0.4) is 0 Å². The lowest BCUT2D eigenvalue weighted by molar-refractivity contribution is -0.119. The van der Waals surface area contributed by atoms with Crippen molar-refractivity contribution < 1.29 is 4.79 Å². The molecule has 0 radical (unpaired) electrons. The fraction of sp³-hybridized carbons (Fsp3) is 0.250. The minimum atomic E-state index is -0.175. The number of benzene rings is 1. The van der Waals surface area contributed by atoms with Gasteiger partial charge in [0.25, 0.3) is 0 Å². The summed E-state index contributed by atoms with van der Waals surface area (Å²) in [6.45, 7) is 1.80.